The summed E-state index contributed by atoms with van der Waals surface area (Å²) in [5.74, 6) is 0. The van der Waals surface area contributed by atoms with Crippen molar-refractivity contribution in [1.82, 2.24) is 5.32 Å². The van der Waals surface area contributed by atoms with Crippen molar-refractivity contribution in [3.63, 3.8) is 0 Å². The van der Waals surface area contributed by atoms with E-state index in [1.54, 1.807) is 0 Å². The van der Waals surface area contributed by atoms with Gasteiger partial charge in [0.1, 0.15) is 0 Å². The van der Waals surface area contributed by atoms with Gasteiger partial charge in [-0.1, -0.05) is 19.9 Å². The normalized spacial score (nSPS) is 14.7. The van der Waals surface area contributed by atoms with E-state index >= 15 is 0 Å². The van der Waals surface area contributed by atoms with Crippen molar-refractivity contribution in [1.29, 1.82) is 0 Å². The summed E-state index contributed by atoms with van der Waals surface area (Å²) in [6, 6.07) is 0. The van der Waals surface area contributed by atoms with Gasteiger partial charge in [-0.2, -0.15) is 0 Å². The molecule has 0 aromatic rings. The molecule has 66 valence electrons. The van der Waals surface area contributed by atoms with Crippen LogP contribution in [0.2, 0.25) is 0 Å². The third-order valence-corrected chi connectivity index (χ3v) is 1.60. The molecule has 1 atom stereocenters. The molecule has 11 heavy (non-hydrogen) atoms. The molecule has 0 aromatic heterocycles. The summed E-state index contributed by atoms with van der Waals surface area (Å²) in [7, 11) is 0. The maximum absolute atomic E-state index is 5.79. The van der Waals surface area contributed by atoms with Gasteiger partial charge in [-0.05, 0) is 19.8 Å². The molecule has 0 saturated carbocycles. The standard InChI is InChI=1S/C9H18ClN/c1-4-6-9(5-2)11-7-8(3)10/h6,8,11H,4-5,7H2,1-3H3/b9-6+. The van der Waals surface area contributed by atoms with Gasteiger partial charge in [0.2, 0.25) is 0 Å². The van der Waals surface area contributed by atoms with E-state index in [1.807, 2.05) is 6.92 Å². The molecular weight excluding hydrogens is 158 g/mol. The SMILES string of the molecule is CC/C=C(\CC)NCC(C)Cl. The highest BCUT2D eigenvalue weighted by molar-refractivity contribution is 6.20. The zero-order valence-electron chi connectivity index (χ0n) is 7.65. The molecule has 0 fully saturated rings. The van der Waals surface area contributed by atoms with Gasteiger partial charge in [0.15, 0.2) is 0 Å². The maximum atomic E-state index is 5.79. The Kier molecular flexibility index (Phi) is 6.43. The molecule has 0 aliphatic carbocycles. The van der Waals surface area contributed by atoms with Gasteiger partial charge < -0.3 is 5.32 Å². The fourth-order valence-corrected chi connectivity index (χ4v) is 0.937. The van der Waals surface area contributed by atoms with E-state index in [0.29, 0.717) is 0 Å². The van der Waals surface area contributed by atoms with E-state index in [0.717, 1.165) is 19.4 Å². The lowest BCUT2D eigenvalue weighted by atomic mass is 10.3. The van der Waals surface area contributed by atoms with Crippen molar-refractivity contribution in [2.75, 3.05) is 6.54 Å². The van der Waals surface area contributed by atoms with Crippen LogP contribution in [-0.4, -0.2) is 11.9 Å². The smallest absolute Gasteiger partial charge is 0.0480 e. The lowest BCUT2D eigenvalue weighted by Gasteiger charge is -2.09. The van der Waals surface area contributed by atoms with Gasteiger partial charge in [0, 0.05) is 17.6 Å². The number of halogens is 1. The zero-order chi connectivity index (χ0) is 8.69. The summed E-state index contributed by atoms with van der Waals surface area (Å²) < 4.78 is 0. The highest BCUT2D eigenvalue weighted by Crippen LogP contribution is 1.99. The van der Waals surface area contributed by atoms with Crippen molar-refractivity contribution < 1.29 is 0 Å². The lowest BCUT2D eigenvalue weighted by Crippen LogP contribution is -2.20. The molecule has 0 spiro atoms. The summed E-state index contributed by atoms with van der Waals surface area (Å²) in [6.07, 6.45) is 4.36. The Hall–Kier alpha value is -0.170. The molecule has 0 radical (unpaired) electrons. The fraction of sp³-hybridized carbons (Fsp3) is 0.778. The van der Waals surface area contributed by atoms with Gasteiger partial charge in [-0.15, -0.1) is 11.6 Å². The Morgan fingerprint density at radius 3 is 2.55 bits per heavy atom. The Bertz CT molecular complexity index is 119. The van der Waals surface area contributed by atoms with E-state index in [9.17, 15) is 0 Å². The molecule has 0 saturated heterocycles. The van der Waals surface area contributed by atoms with Gasteiger partial charge in [0.25, 0.3) is 0 Å². The molecule has 0 rings (SSSR count). The molecule has 0 amide bonds. The van der Waals surface area contributed by atoms with Crippen LogP contribution in [0.25, 0.3) is 0 Å². The Morgan fingerprint density at radius 1 is 1.55 bits per heavy atom. The number of nitrogens with one attached hydrogen (secondary N) is 1. The Labute approximate surface area is 74.8 Å². The van der Waals surface area contributed by atoms with Crippen molar-refractivity contribution in [2.45, 2.75) is 39.0 Å². The Morgan fingerprint density at radius 2 is 2.18 bits per heavy atom. The molecule has 0 aliphatic heterocycles. The molecule has 0 bridgehead atoms. The molecule has 2 heteroatoms. The Balaban J connectivity index is 3.61. The predicted molar refractivity (Wildman–Crippen MR) is 52.0 cm³/mol. The second-order valence-electron chi connectivity index (χ2n) is 2.65. The van der Waals surface area contributed by atoms with Crippen LogP contribution < -0.4 is 5.32 Å². The largest absolute Gasteiger partial charge is 0.387 e. The molecular formula is C9H18ClN. The summed E-state index contributed by atoms with van der Waals surface area (Å²) in [5, 5.41) is 3.51. The van der Waals surface area contributed by atoms with Gasteiger partial charge in [0.05, 0.1) is 0 Å². The second kappa shape index (κ2) is 6.53. The van der Waals surface area contributed by atoms with Crippen LogP contribution in [0.15, 0.2) is 11.8 Å². The van der Waals surface area contributed by atoms with Crippen molar-refractivity contribution >= 4 is 11.6 Å². The van der Waals surface area contributed by atoms with E-state index in [4.69, 9.17) is 11.6 Å². The van der Waals surface area contributed by atoms with Gasteiger partial charge in [-0.3, -0.25) is 0 Å². The molecule has 0 aliphatic rings. The monoisotopic (exact) mass is 175 g/mol. The summed E-state index contributed by atoms with van der Waals surface area (Å²) in [4.78, 5) is 0. The first-order valence-electron chi connectivity index (χ1n) is 4.27. The second-order valence-corrected chi connectivity index (χ2v) is 3.40. The van der Waals surface area contributed by atoms with Crippen LogP contribution in [0.1, 0.15) is 33.6 Å². The summed E-state index contributed by atoms with van der Waals surface area (Å²) >= 11 is 5.79. The predicted octanol–water partition coefficient (Wildman–Crippen LogP) is 2.91. The average Bonchev–Trinajstić information content (AvgIpc) is 1.97. The van der Waals surface area contributed by atoms with Crippen molar-refractivity contribution in [3.05, 3.63) is 11.8 Å². The van der Waals surface area contributed by atoms with E-state index < -0.39 is 0 Å². The van der Waals surface area contributed by atoms with Crippen LogP contribution in [0.5, 0.6) is 0 Å². The molecule has 1 nitrogen and oxygen atoms in total. The first-order chi connectivity index (χ1) is 5.20. The average molecular weight is 176 g/mol. The minimum absolute atomic E-state index is 0.210. The molecule has 1 N–H and O–H groups in total. The topological polar surface area (TPSA) is 12.0 Å². The number of rotatable bonds is 5. The third kappa shape index (κ3) is 6.24. The van der Waals surface area contributed by atoms with E-state index in [2.05, 4.69) is 25.2 Å². The van der Waals surface area contributed by atoms with Gasteiger partial charge in [-0.25, -0.2) is 0 Å². The van der Waals surface area contributed by atoms with Crippen LogP contribution in [0.3, 0.4) is 0 Å². The number of hydrogen-bond acceptors (Lipinski definition) is 1. The molecule has 0 aromatic carbocycles. The van der Waals surface area contributed by atoms with Gasteiger partial charge >= 0.3 is 0 Å². The summed E-state index contributed by atoms with van der Waals surface area (Å²) in [5.41, 5.74) is 1.31. The van der Waals surface area contributed by atoms with Crippen LogP contribution in [0, 0.1) is 0 Å². The highest BCUT2D eigenvalue weighted by atomic mass is 35.5. The minimum atomic E-state index is 0.210. The molecule has 1 unspecified atom stereocenters. The first-order valence-corrected chi connectivity index (χ1v) is 4.71. The number of hydrogen-bond donors (Lipinski definition) is 1. The van der Waals surface area contributed by atoms with E-state index in [1.165, 1.54) is 5.70 Å². The third-order valence-electron chi connectivity index (χ3n) is 1.44. The van der Waals surface area contributed by atoms with Crippen molar-refractivity contribution in [2.24, 2.45) is 0 Å². The van der Waals surface area contributed by atoms with E-state index in [-0.39, 0.29) is 5.38 Å². The van der Waals surface area contributed by atoms with Crippen LogP contribution >= 0.6 is 11.6 Å². The lowest BCUT2D eigenvalue weighted by molar-refractivity contribution is 0.742. The number of alkyl halides is 1. The first kappa shape index (κ1) is 10.8. The van der Waals surface area contributed by atoms with Crippen molar-refractivity contribution in [3.8, 4) is 0 Å². The quantitative estimate of drug-likeness (QED) is 0.634. The zero-order valence-corrected chi connectivity index (χ0v) is 8.41. The maximum Gasteiger partial charge on any atom is 0.0480 e. The minimum Gasteiger partial charge on any atom is -0.387 e. The summed E-state index contributed by atoms with van der Waals surface area (Å²) in [6.45, 7) is 7.14. The highest BCUT2D eigenvalue weighted by Gasteiger charge is 1.95. The van der Waals surface area contributed by atoms with Crippen LogP contribution in [-0.2, 0) is 0 Å². The molecule has 0 heterocycles. The fourth-order valence-electron chi connectivity index (χ4n) is 0.860. The number of allylic oxidation sites excluding steroid dienone is 2. The van der Waals surface area contributed by atoms with Crippen LogP contribution in [0.4, 0.5) is 0 Å².